The van der Waals surface area contributed by atoms with Gasteiger partial charge < -0.3 is 19.6 Å². The number of benzene rings is 3. The van der Waals surface area contributed by atoms with Crippen molar-refractivity contribution in [2.24, 2.45) is 0 Å². The van der Waals surface area contributed by atoms with E-state index in [9.17, 15) is 14.7 Å². The van der Waals surface area contributed by atoms with Gasteiger partial charge in [0.1, 0.15) is 11.5 Å². The Labute approximate surface area is 231 Å². The third-order valence-electron chi connectivity index (χ3n) is 7.68. The highest BCUT2D eigenvalue weighted by atomic mass is 16.7. The van der Waals surface area contributed by atoms with Gasteiger partial charge in [-0.3, -0.25) is 9.78 Å². The lowest BCUT2D eigenvalue weighted by Crippen LogP contribution is -2.18. The number of carbonyl (C=O) groups is 2. The SMILES string of the molecule is O=C(O)Oc1[nH]c2c(-c3cccnc3C3CCCCC3=O)cccc2c1CCCOc1cccc2ccccc12. The van der Waals surface area contributed by atoms with Crippen LogP contribution in [0.2, 0.25) is 0 Å². The molecular weight excluding hydrogens is 504 g/mol. The highest BCUT2D eigenvalue weighted by molar-refractivity contribution is 5.99. The molecule has 7 heteroatoms. The van der Waals surface area contributed by atoms with Gasteiger partial charge in [0.2, 0.25) is 5.88 Å². The number of hydrogen-bond acceptors (Lipinski definition) is 5. The molecule has 202 valence electrons. The molecule has 0 bridgehead atoms. The first-order chi connectivity index (χ1) is 19.6. The molecule has 0 amide bonds. The molecule has 1 aliphatic rings. The number of rotatable bonds is 8. The maximum absolute atomic E-state index is 12.8. The molecule has 5 aromatic rings. The molecule has 1 fully saturated rings. The number of aryl methyl sites for hydroxylation is 1. The molecule has 7 nitrogen and oxygen atoms in total. The van der Waals surface area contributed by atoms with Gasteiger partial charge in [0.15, 0.2) is 0 Å². The third-order valence-corrected chi connectivity index (χ3v) is 7.68. The highest BCUT2D eigenvalue weighted by Gasteiger charge is 2.28. The Morgan fingerprint density at radius 1 is 0.950 bits per heavy atom. The monoisotopic (exact) mass is 534 g/mol. The zero-order chi connectivity index (χ0) is 27.5. The van der Waals surface area contributed by atoms with Crippen LogP contribution in [0.4, 0.5) is 4.79 Å². The summed E-state index contributed by atoms with van der Waals surface area (Å²) in [6.07, 6.45) is 4.86. The van der Waals surface area contributed by atoms with E-state index in [1.165, 1.54) is 0 Å². The predicted molar refractivity (Wildman–Crippen MR) is 154 cm³/mol. The summed E-state index contributed by atoms with van der Waals surface area (Å²) in [6, 6.07) is 23.8. The van der Waals surface area contributed by atoms with Gasteiger partial charge >= 0.3 is 6.16 Å². The number of aromatic nitrogens is 2. The summed E-state index contributed by atoms with van der Waals surface area (Å²) in [7, 11) is 0. The number of pyridine rings is 1. The molecule has 40 heavy (non-hydrogen) atoms. The van der Waals surface area contributed by atoms with Crippen LogP contribution >= 0.6 is 0 Å². The first-order valence-electron chi connectivity index (χ1n) is 13.7. The van der Waals surface area contributed by atoms with Crippen LogP contribution in [0.15, 0.2) is 79.0 Å². The van der Waals surface area contributed by atoms with Gasteiger partial charge in [-0.05, 0) is 43.2 Å². The van der Waals surface area contributed by atoms with Gasteiger partial charge in [0, 0.05) is 40.1 Å². The van der Waals surface area contributed by atoms with E-state index < -0.39 is 6.16 Å². The first-order valence-corrected chi connectivity index (χ1v) is 13.7. The Hall–Kier alpha value is -4.65. The molecular formula is C33H30N2O5. The number of para-hydroxylation sites is 1. The Morgan fingerprint density at radius 2 is 1.75 bits per heavy atom. The average Bonchev–Trinajstić information content (AvgIpc) is 3.32. The van der Waals surface area contributed by atoms with E-state index in [1.54, 1.807) is 6.20 Å². The number of nitrogens with one attached hydrogen (secondary N) is 1. The van der Waals surface area contributed by atoms with Crippen molar-refractivity contribution < 1.29 is 24.2 Å². The Balaban J connectivity index is 1.31. The van der Waals surface area contributed by atoms with Gasteiger partial charge in [0.05, 0.1) is 23.7 Å². The summed E-state index contributed by atoms with van der Waals surface area (Å²) in [5, 5.41) is 12.5. The minimum absolute atomic E-state index is 0.208. The number of hydrogen-bond donors (Lipinski definition) is 2. The van der Waals surface area contributed by atoms with Crippen LogP contribution < -0.4 is 9.47 Å². The molecule has 0 saturated heterocycles. The number of fused-ring (bicyclic) bond motifs is 2. The van der Waals surface area contributed by atoms with Gasteiger partial charge in [0.25, 0.3) is 0 Å². The summed E-state index contributed by atoms with van der Waals surface area (Å²) >= 11 is 0. The second-order valence-electron chi connectivity index (χ2n) is 10.2. The molecule has 2 aromatic heterocycles. The van der Waals surface area contributed by atoms with E-state index in [1.807, 2.05) is 60.7 Å². The van der Waals surface area contributed by atoms with Crippen molar-refractivity contribution in [1.82, 2.24) is 9.97 Å². The van der Waals surface area contributed by atoms with Crippen LogP contribution in [-0.2, 0) is 11.2 Å². The fourth-order valence-corrected chi connectivity index (χ4v) is 5.84. The normalized spacial score (nSPS) is 15.4. The molecule has 1 atom stereocenters. The zero-order valence-corrected chi connectivity index (χ0v) is 22.1. The van der Waals surface area contributed by atoms with Gasteiger partial charge in [-0.2, -0.15) is 0 Å². The van der Waals surface area contributed by atoms with Crippen LogP contribution in [0.3, 0.4) is 0 Å². The first kappa shape index (κ1) is 25.6. The number of H-pyrrole nitrogens is 1. The molecule has 3 aromatic carbocycles. The molecule has 2 N–H and O–H groups in total. The molecule has 2 heterocycles. The standard InChI is InChI=1S/C33H30N2O5/c36-28-17-4-3-12-27(28)30-23(15-7-19-34-30)24-13-6-14-25-26(32(35-31(24)25)40-33(37)38)16-8-20-39-29-18-5-10-21-9-1-2-11-22(21)29/h1-2,5-7,9-11,13-15,18-19,27,35H,3-4,8,12,16-17,20H2,(H,37,38). The van der Waals surface area contributed by atoms with E-state index in [0.29, 0.717) is 25.9 Å². The summed E-state index contributed by atoms with van der Waals surface area (Å²) in [4.78, 5) is 32.3. The molecule has 6 rings (SSSR count). The van der Waals surface area contributed by atoms with E-state index >= 15 is 0 Å². The van der Waals surface area contributed by atoms with Crippen molar-refractivity contribution in [3.05, 3.63) is 90.3 Å². The lowest BCUT2D eigenvalue weighted by atomic mass is 9.82. The Morgan fingerprint density at radius 3 is 2.62 bits per heavy atom. The number of nitrogens with zero attached hydrogens (tertiary/aromatic N) is 1. The number of ketones is 1. The van der Waals surface area contributed by atoms with E-state index in [-0.39, 0.29) is 17.6 Å². The fraction of sp³-hybridized carbons (Fsp3) is 0.242. The van der Waals surface area contributed by atoms with Crippen molar-refractivity contribution in [2.75, 3.05) is 6.61 Å². The van der Waals surface area contributed by atoms with Crippen LogP contribution in [0.5, 0.6) is 11.6 Å². The molecule has 0 spiro atoms. The highest BCUT2D eigenvalue weighted by Crippen LogP contribution is 2.40. The smallest absolute Gasteiger partial charge is 0.493 e. The Kier molecular flexibility index (Phi) is 7.19. The lowest BCUT2D eigenvalue weighted by Gasteiger charge is -2.22. The van der Waals surface area contributed by atoms with Crippen molar-refractivity contribution in [1.29, 1.82) is 0 Å². The number of carbonyl (C=O) groups excluding carboxylic acids is 1. The van der Waals surface area contributed by atoms with Crippen molar-refractivity contribution >= 4 is 33.6 Å². The summed E-state index contributed by atoms with van der Waals surface area (Å²) in [5.41, 5.74) is 4.07. The lowest BCUT2D eigenvalue weighted by molar-refractivity contribution is -0.121. The van der Waals surface area contributed by atoms with Crippen LogP contribution in [0, 0.1) is 0 Å². The van der Waals surface area contributed by atoms with Crippen LogP contribution in [-0.4, -0.2) is 33.6 Å². The second-order valence-corrected chi connectivity index (χ2v) is 10.2. The molecule has 1 unspecified atom stereocenters. The summed E-state index contributed by atoms with van der Waals surface area (Å²) < 4.78 is 11.3. The topological polar surface area (TPSA) is 102 Å². The van der Waals surface area contributed by atoms with Crippen LogP contribution in [0.1, 0.15) is 49.3 Å². The summed E-state index contributed by atoms with van der Waals surface area (Å²) in [6.45, 7) is 0.462. The van der Waals surface area contributed by atoms with Gasteiger partial charge in [-0.25, -0.2) is 4.79 Å². The van der Waals surface area contributed by atoms with Crippen molar-refractivity contribution in [2.45, 2.75) is 44.4 Å². The largest absolute Gasteiger partial charge is 0.512 e. The maximum Gasteiger partial charge on any atom is 0.512 e. The van der Waals surface area contributed by atoms with Gasteiger partial charge in [-0.1, -0.05) is 67.1 Å². The third kappa shape index (κ3) is 5.02. The van der Waals surface area contributed by atoms with Gasteiger partial charge in [-0.15, -0.1) is 0 Å². The quantitative estimate of drug-likeness (QED) is 0.156. The minimum atomic E-state index is -1.38. The molecule has 1 aliphatic carbocycles. The Bertz CT molecular complexity index is 1700. The fourth-order valence-electron chi connectivity index (χ4n) is 5.84. The number of aromatic amines is 1. The van der Waals surface area contributed by atoms with E-state index in [0.717, 1.165) is 69.1 Å². The van der Waals surface area contributed by atoms with Crippen molar-refractivity contribution in [3.63, 3.8) is 0 Å². The molecule has 0 aliphatic heterocycles. The number of ether oxygens (including phenoxy) is 2. The average molecular weight is 535 g/mol. The second kappa shape index (κ2) is 11.2. The maximum atomic E-state index is 12.8. The van der Waals surface area contributed by atoms with Crippen LogP contribution in [0.25, 0.3) is 32.8 Å². The number of Topliss-reactive ketones (excluding diaryl/α,β-unsaturated/α-hetero) is 1. The zero-order valence-electron chi connectivity index (χ0n) is 22.1. The molecule has 1 saturated carbocycles. The predicted octanol–water partition coefficient (Wildman–Crippen LogP) is 7.68. The van der Waals surface area contributed by atoms with Crippen molar-refractivity contribution in [3.8, 4) is 22.8 Å². The summed E-state index contributed by atoms with van der Waals surface area (Å²) in [5.74, 6) is 1.03. The molecule has 0 radical (unpaired) electrons. The van der Waals surface area contributed by atoms with E-state index in [4.69, 9.17) is 9.47 Å². The number of carboxylic acid groups (broad SMARTS) is 1. The minimum Gasteiger partial charge on any atom is -0.493 e. The van der Waals surface area contributed by atoms with E-state index in [2.05, 4.69) is 22.1 Å².